The van der Waals surface area contributed by atoms with Crippen LogP contribution < -0.4 is 16.0 Å². The summed E-state index contributed by atoms with van der Waals surface area (Å²) in [6.45, 7) is 4.65. The third-order valence-corrected chi connectivity index (χ3v) is 5.20. The number of carbonyl (C=O) groups excluding carboxylic acids is 1. The average Bonchev–Trinajstić information content (AvgIpc) is 3.37. The van der Waals surface area contributed by atoms with Crippen LogP contribution in [0.1, 0.15) is 30.5 Å². The van der Waals surface area contributed by atoms with E-state index in [1.54, 1.807) is 12.4 Å². The summed E-state index contributed by atoms with van der Waals surface area (Å²) in [4.78, 5) is 20.8. The van der Waals surface area contributed by atoms with Gasteiger partial charge in [-0.15, -0.1) is 0 Å². The van der Waals surface area contributed by atoms with Crippen LogP contribution in [0.4, 0.5) is 11.6 Å². The zero-order valence-electron chi connectivity index (χ0n) is 16.6. The number of pyridine rings is 1. The van der Waals surface area contributed by atoms with Crippen molar-refractivity contribution in [3.8, 4) is 0 Å². The molecule has 0 aromatic carbocycles. The maximum absolute atomic E-state index is 11.7. The first-order valence-corrected chi connectivity index (χ1v) is 10.1. The van der Waals surface area contributed by atoms with Gasteiger partial charge in [-0.3, -0.25) is 9.78 Å². The van der Waals surface area contributed by atoms with Crippen molar-refractivity contribution in [2.75, 3.05) is 17.2 Å². The highest BCUT2D eigenvalue weighted by Crippen LogP contribution is 2.28. The lowest BCUT2D eigenvalue weighted by molar-refractivity contribution is -0.118. The average molecular weight is 401 g/mol. The van der Waals surface area contributed by atoms with Gasteiger partial charge in [-0.25, -0.2) is 4.98 Å². The van der Waals surface area contributed by atoms with E-state index >= 15 is 0 Å². The Morgan fingerprint density at radius 1 is 1.33 bits per heavy atom. The van der Waals surface area contributed by atoms with Gasteiger partial charge in [0.1, 0.15) is 11.6 Å². The van der Waals surface area contributed by atoms with Crippen molar-refractivity contribution in [1.29, 1.82) is 0 Å². The summed E-state index contributed by atoms with van der Waals surface area (Å²) in [6.07, 6.45) is 8.99. The monoisotopic (exact) mass is 401 g/mol. The van der Waals surface area contributed by atoms with E-state index in [9.17, 15) is 4.79 Å². The number of aromatic nitrogens is 4. The first-order chi connectivity index (χ1) is 14.7. The lowest BCUT2D eigenvalue weighted by Crippen LogP contribution is -2.12. The molecule has 1 amide bonds. The Morgan fingerprint density at radius 3 is 2.97 bits per heavy atom. The van der Waals surface area contributed by atoms with Crippen molar-refractivity contribution in [2.45, 2.75) is 31.7 Å². The molecule has 8 heteroatoms. The number of nitrogens with zero attached hydrogens (tertiary/aromatic N) is 4. The summed E-state index contributed by atoms with van der Waals surface area (Å²) in [5.74, 6) is 1.65. The van der Waals surface area contributed by atoms with Crippen molar-refractivity contribution in [3.63, 3.8) is 0 Å². The maximum Gasteiger partial charge on any atom is 0.228 e. The zero-order valence-corrected chi connectivity index (χ0v) is 16.6. The second-order valence-electron chi connectivity index (χ2n) is 7.65. The van der Waals surface area contributed by atoms with Crippen molar-refractivity contribution in [1.82, 2.24) is 24.9 Å². The van der Waals surface area contributed by atoms with Gasteiger partial charge in [0.15, 0.2) is 5.65 Å². The standard InChI is InChI=1S/C22H23N7O/c1-14-15(11-21(30)26-14)10-16-13-25-29-20(27-18-5-6-18)12-19(28-22(16)29)24-9-7-17-4-2-3-8-23-17/h2-4,8,10,12-13,18,27H,1,5-7,9,11H2,(H,24,28)(H,26,30)/b15-10+. The van der Waals surface area contributed by atoms with E-state index in [0.29, 0.717) is 18.2 Å². The largest absolute Gasteiger partial charge is 0.369 e. The highest BCUT2D eigenvalue weighted by Gasteiger charge is 2.24. The topological polar surface area (TPSA) is 96.2 Å². The van der Waals surface area contributed by atoms with Gasteiger partial charge in [-0.2, -0.15) is 9.61 Å². The quantitative estimate of drug-likeness (QED) is 0.563. The Morgan fingerprint density at radius 2 is 2.23 bits per heavy atom. The van der Waals surface area contributed by atoms with Crippen molar-refractivity contribution >= 4 is 29.3 Å². The van der Waals surface area contributed by atoms with Gasteiger partial charge in [0.25, 0.3) is 0 Å². The zero-order chi connectivity index (χ0) is 20.5. The molecule has 0 unspecified atom stereocenters. The molecule has 3 N–H and O–H groups in total. The molecule has 1 aliphatic carbocycles. The van der Waals surface area contributed by atoms with Crippen LogP contribution in [0.25, 0.3) is 11.7 Å². The number of hydrogen-bond acceptors (Lipinski definition) is 6. The summed E-state index contributed by atoms with van der Waals surface area (Å²) in [7, 11) is 0. The highest BCUT2D eigenvalue weighted by molar-refractivity contribution is 5.89. The first-order valence-electron chi connectivity index (χ1n) is 10.1. The predicted molar refractivity (Wildman–Crippen MR) is 116 cm³/mol. The number of carbonyl (C=O) groups is 1. The van der Waals surface area contributed by atoms with E-state index in [1.165, 1.54) is 0 Å². The van der Waals surface area contributed by atoms with Crippen LogP contribution in [0.15, 0.2) is 54.5 Å². The number of nitrogens with one attached hydrogen (secondary N) is 3. The second kappa shape index (κ2) is 7.62. The summed E-state index contributed by atoms with van der Waals surface area (Å²) in [6, 6.07) is 8.41. The molecule has 3 aromatic rings. The molecule has 5 rings (SSSR count). The molecule has 4 heterocycles. The number of amides is 1. The van der Waals surface area contributed by atoms with E-state index < -0.39 is 0 Å². The molecule has 8 nitrogen and oxygen atoms in total. The Balaban J connectivity index is 1.44. The summed E-state index contributed by atoms with van der Waals surface area (Å²) in [5.41, 5.74) is 4.13. The van der Waals surface area contributed by atoms with Crippen LogP contribution in [0.5, 0.6) is 0 Å². The fraction of sp³-hybridized carbons (Fsp3) is 0.273. The lowest BCUT2D eigenvalue weighted by Gasteiger charge is -2.11. The number of rotatable bonds is 7. The second-order valence-corrected chi connectivity index (χ2v) is 7.65. The molecule has 2 aliphatic rings. The van der Waals surface area contributed by atoms with Gasteiger partial charge in [-0.1, -0.05) is 12.6 Å². The van der Waals surface area contributed by atoms with E-state index in [1.807, 2.05) is 34.9 Å². The number of anilines is 2. The smallest absolute Gasteiger partial charge is 0.228 e. The molecule has 3 aromatic heterocycles. The Bertz CT molecular complexity index is 1150. The van der Waals surface area contributed by atoms with Crippen molar-refractivity contribution in [2.24, 2.45) is 0 Å². The van der Waals surface area contributed by atoms with Crippen molar-refractivity contribution in [3.05, 3.63) is 65.8 Å². The normalized spacial score (nSPS) is 17.5. The molecule has 0 radical (unpaired) electrons. The molecule has 30 heavy (non-hydrogen) atoms. The molecule has 1 saturated heterocycles. The minimum absolute atomic E-state index is 0.0383. The van der Waals surface area contributed by atoms with Crippen molar-refractivity contribution < 1.29 is 4.79 Å². The van der Waals surface area contributed by atoms with Gasteiger partial charge in [-0.05, 0) is 36.6 Å². The Hall–Kier alpha value is -3.68. The van der Waals surface area contributed by atoms with Crippen LogP contribution >= 0.6 is 0 Å². The van der Waals surface area contributed by atoms with E-state index in [-0.39, 0.29) is 5.91 Å². The Kier molecular flexibility index (Phi) is 4.66. The minimum atomic E-state index is -0.0383. The molecule has 0 spiro atoms. The van der Waals surface area contributed by atoms with Crippen LogP contribution in [-0.4, -0.2) is 38.1 Å². The lowest BCUT2D eigenvalue weighted by atomic mass is 10.1. The van der Waals surface area contributed by atoms with Gasteiger partial charge in [0.2, 0.25) is 5.91 Å². The molecule has 0 atom stereocenters. The van der Waals surface area contributed by atoms with E-state index in [2.05, 4.69) is 32.6 Å². The van der Waals surface area contributed by atoms with Gasteiger partial charge in [0, 0.05) is 48.2 Å². The van der Waals surface area contributed by atoms with Crippen LogP contribution in [0.3, 0.4) is 0 Å². The SMILES string of the molecule is C=C1NC(=O)C/C1=C\c1cnn2c(NC3CC3)cc(NCCc3ccccn3)nc12. The number of hydrogen-bond donors (Lipinski definition) is 3. The summed E-state index contributed by atoms with van der Waals surface area (Å²) in [5, 5.41) is 14.2. The van der Waals surface area contributed by atoms with Crippen LogP contribution in [0, 0.1) is 0 Å². The van der Waals surface area contributed by atoms with Gasteiger partial charge < -0.3 is 16.0 Å². The van der Waals surface area contributed by atoms with Gasteiger partial charge in [0.05, 0.1) is 12.6 Å². The molecule has 1 aliphatic heterocycles. The fourth-order valence-electron chi connectivity index (χ4n) is 3.47. The molecule has 0 bridgehead atoms. The van der Waals surface area contributed by atoms with Crippen LogP contribution in [0.2, 0.25) is 0 Å². The summed E-state index contributed by atoms with van der Waals surface area (Å²) < 4.78 is 1.82. The molecule has 152 valence electrons. The molecular weight excluding hydrogens is 378 g/mol. The third-order valence-electron chi connectivity index (χ3n) is 5.20. The summed E-state index contributed by atoms with van der Waals surface area (Å²) >= 11 is 0. The molecule has 1 saturated carbocycles. The van der Waals surface area contributed by atoms with Gasteiger partial charge >= 0.3 is 0 Å². The predicted octanol–water partition coefficient (Wildman–Crippen LogP) is 2.77. The number of allylic oxidation sites excluding steroid dienone is 1. The third kappa shape index (κ3) is 3.89. The molecule has 2 fully saturated rings. The fourth-order valence-corrected chi connectivity index (χ4v) is 3.47. The maximum atomic E-state index is 11.7. The highest BCUT2D eigenvalue weighted by atomic mass is 16.1. The Labute approximate surface area is 174 Å². The van der Waals surface area contributed by atoms with Crippen LogP contribution in [-0.2, 0) is 11.2 Å². The minimum Gasteiger partial charge on any atom is -0.369 e. The van der Waals surface area contributed by atoms with E-state index in [4.69, 9.17) is 4.98 Å². The molecular formula is C22H23N7O. The van der Waals surface area contributed by atoms with E-state index in [0.717, 1.165) is 59.9 Å². The number of fused-ring (bicyclic) bond motifs is 1. The first kappa shape index (κ1) is 18.4.